The molecule has 0 amide bonds. The fourth-order valence-electron chi connectivity index (χ4n) is 1.96. The zero-order valence-electron chi connectivity index (χ0n) is 11.4. The number of carbonyl (C=O) groups excluding carboxylic acids is 1. The summed E-state index contributed by atoms with van der Waals surface area (Å²) in [7, 11) is 2.10. The number of hydrogen-bond donors (Lipinski definition) is 0. The predicted octanol–water partition coefficient (Wildman–Crippen LogP) is 2.84. The first-order chi connectivity index (χ1) is 9.11. The molecule has 0 heterocycles. The predicted molar refractivity (Wildman–Crippen MR) is 81.8 cm³/mol. The van der Waals surface area contributed by atoms with E-state index in [1.165, 1.54) is 5.56 Å². The van der Waals surface area contributed by atoms with Gasteiger partial charge in [-0.15, -0.1) is 0 Å². The summed E-state index contributed by atoms with van der Waals surface area (Å²) in [6.07, 6.45) is 0. The maximum atomic E-state index is 11.7. The molecule has 0 spiro atoms. The molecule has 0 N–H and O–H groups in total. The fourth-order valence-corrected chi connectivity index (χ4v) is 3.44. The van der Waals surface area contributed by atoms with Crippen molar-refractivity contribution in [2.75, 3.05) is 7.11 Å². The normalized spacial score (nSPS) is 10.9. The molecule has 0 fully saturated rings. The van der Waals surface area contributed by atoms with Gasteiger partial charge in [-0.3, -0.25) is 4.79 Å². The zero-order valence-corrected chi connectivity index (χ0v) is 12.4. The molecule has 19 heavy (non-hydrogen) atoms. The Balaban J connectivity index is 2.41. The van der Waals surface area contributed by atoms with Crippen LogP contribution in [0.3, 0.4) is 0 Å². The van der Waals surface area contributed by atoms with Gasteiger partial charge in [0.1, 0.15) is 5.75 Å². The summed E-state index contributed by atoms with van der Waals surface area (Å²) in [5, 5.41) is 2.20. The summed E-state index contributed by atoms with van der Waals surface area (Å²) in [6, 6.07) is 13.9. The Hall–Kier alpha value is -1.66. The Morgan fingerprint density at radius 2 is 1.84 bits per heavy atom. The number of ketones is 1. The third-order valence-corrected chi connectivity index (χ3v) is 4.30. The van der Waals surface area contributed by atoms with Crippen molar-refractivity contribution >= 4 is 25.0 Å². The van der Waals surface area contributed by atoms with E-state index in [9.17, 15) is 4.79 Å². The van der Waals surface area contributed by atoms with Crippen molar-refractivity contribution in [3.8, 4) is 5.75 Å². The summed E-state index contributed by atoms with van der Waals surface area (Å²) in [4.78, 5) is 11.7. The summed E-state index contributed by atoms with van der Waals surface area (Å²) in [5.74, 6) is 0.983. The minimum Gasteiger partial charge on any atom is -0.496 e. The Labute approximate surface area is 115 Å². The van der Waals surface area contributed by atoms with Gasteiger partial charge in [0.25, 0.3) is 0 Å². The number of rotatable bonds is 4. The average Bonchev–Trinajstić information content (AvgIpc) is 2.39. The fraction of sp³-hybridized carbons (Fsp3) is 0.188. The molecular weight excluding hydrogens is 255 g/mol. The molecule has 0 aliphatic carbocycles. The SMILES string of the molecule is COc1ccc(C)cc1Pc1ccccc1C(C)=O. The van der Waals surface area contributed by atoms with Crippen LogP contribution in [0.25, 0.3) is 0 Å². The van der Waals surface area contributed by atoms with Crippen LogP contribution in [-0.4, -0.2) is 12.9 Å². The van der Waals surface area contributed by atoms with Crippen LogP contribution in [0.4, 0.5) is 0 Å². The third kappa shape index (κ3) is 3.21. The van der Waals surface area contributed by atoms with Gasteiger partial charge in [0.15, 0.2) is 5.78 Å². The Bertz CT molecular complexity index is 605. The van der Waals surface area contributed by atoms with E-state index in [0.29, 0.717) is 8.58 Å². The van der Waals surface area contributed by atoms with Crippen molar-refractivity contribution in [1.82, 2.24) is 0 Å². The highest BCUT2D eigenvalue weighted by atomic mass is 31.1. The number of aryl methyl sites for hydroxylation is 1. The van der Waals surface area contributed by atoms with Crippen molar-refractivity contribution < 1.29 is 9.53 Å². The first-order valence-corrected chi connectivity index (χ1v) is 7.13. The van der Waals surface area contributed by atoms with E-state index in [0.717, 1.165) is 21.9 Å². The molecule has 1 unspecified atom stereocenters. The summed E-state index contributed by atoms with van der Waals surface area (Å²) in [5.41, 5.74) is 1.99. The van der Waals surface area contributed by atoms with Crippen LogP contribution in [0.15, 0.2) is 42.5 Å². The van der Waals surface area contributed by atoms with Crippen LogP contribution in [0.5, 0.6) is 5.75 Å². The molecule has 0 saturated heterocycles. The summed E-state index contributed by atoms with van der Waals surface area (Å²) in [6.45, 7) is 3.67. The Morgan fingerprint density at radius 3 is 2.53 bits per heavy atom. The first kappa shape index (κ1) is 13.8. The molecule has 0 aliphatic rings. The van der Waals surface area contributed by atoms with Gasteiger partial charge in [-0.1, -0.05) is 44.5 Å². The monoisotopic (exact) mass is 272 g/mol. The molecule has 2 aromatic rings. The molecule has 3 heteroatoms. The van der Waals surface area contributed by atoms with Gasteiger partial charge < -0.3 is 4.74 Å². The zero-order chi connectivity index (χ0) is 13.8. The highest BCUT2D eigenvalue weighted by Crippen LogP contribution is 2.21. The lowest BCUT2D eigenvalue weighted by atomic mass is 10.1. The van der Waals surface area contributed by atoms with E-state index in [2.05, 4.69) is 13.0 Å². The number of ether oxygens (including phenoxy) is 1. The maximum absolute atomic E-state index is 11.7. The maximum Gasteiger partial charge on any atom is 0.160 e. The number of Topliss-reactive ketones (excluding diaryl/α,β-unsaturated/α-hetero) is 1. The number of benzene rings is 2. The van der Waals surface area contributed by atoms with Crippen molar-refractivity contribution in [3.05, 3.63) is 53.6 Å². The molecule has 2 nitrogen and oxygen atoms in total. The molecule has 0 radical (unpaired) electrons. The van der Waals surface area contributed by atoms with E-state index in [-0.39, 0.29) is 5.78 Å². The minimum atomic E-state index is 0.106. The molecule has 0 aromatic heterocycles. The minimum absolute atomic E-state index is 0.106. The van der Waals surface area contributed by atoms with Crippen LogP contribution in [-0.2, 0) is 0 Å². The molecular formula is C16H17O2P. The average molecular weight is 272 g/mol. The quantitative estimate of drug-likeness (QED) is 0.632. The van der Waals surface area contributed by atoms with Crippen LogP contribution in [0.2, 0.25) is 0 Å². The lowest BCUT2D eigenvalue weighted by Gasteiger charge is -2.11. The van der Waals surface area contributed by atoms with Crippen molar-refractivity contribution in [1.29, 1.82) is 0 Å². The summed E-state index contributed by atoms with van der Waals surface area (Å²) >= 11 is 0. The van der Waals surface area contributed by atoms with E-state index in [4.69, 9.17) is 4.74 Å². The van der Waals surface area contributed by atoms with Crippen LogP contribution in [0.1, 0.15) is 22.8 Å². The van der Waals surface area contributed by atoms with Gasteiger partial charge in [-0.25, -0.2) is 0 Å². The lowest BCUT2D eigenvalue weighted by Crippen LogP contribution is -2.13. The molecule has 0 bridgehead atoms. The van der Waals surface area contributed by atoms with Crippen molar-refractivity contribution in [2.24, 2.45) is 0 Å². The second-order valence-electron chi connectivity index (χ2n) is 4.43. The second-order valence-corrected chi connectivity index (χ2v) is 5.76. The molecule has 0 saturated carbocycles. The summed E-state index contributed by atoms with van der Waals surface area (Å²) < 4.78 is 5.39. The van der Waals surface area contributed by atoms with Crippen molar-refractivity contribution in [3.63, 3.8) is 0 Å². The van der Waals surface area contributed by atoms with Gasteiger partial charge in [0.2, 0.25) is 0 Å². The van der Waals surface area contributed by atoms with Crippen molar-refractivity contribution in [2.45, 2.75) is 13.8 Å². The number of carbonyl (C=O) groups is 1. The van der Waals surface area contributed by atoms with E-state index < -0.39 is 0 Å². The van der Waals surface area contributed by atoms with Gasteiger partial charge in [-0.05, 0) is 31.3 Å². The highest BCUT2D eigenvalue weighted by molar-refractivity contribution is 7.56. The van der Waals surface area contributed by atoms with Gasteiger partial charge in [0, 0.05) is 10.9 Å². The van der Waals surface area contributed by atoms with Crippen LogP contribution >= 0.6 is 8.58 Å². The molecule has 98 valence electrons. The standard InChI is InChI=1S/C16H17O2P/c1-11-8-9-14(18-3)16(10-11)19-15-7-5-4-6-13(15)12(2)17/h4-10,19H,1-3H3. The first-order valence-electron chi connectivity index (χ1n) is 6.13. The highest BCUT2D eigenvalue weighted by Gasteiger charge is 2.10. The molecule has 1 atom stereocenters. The van der Waals surface area contributed by atoms with E-state index in [1.807, 2.05) is 36.4 Å². The van der Waals surface area contributed by atoms with Crippen LogP contribution in [0, 0.1) is 6.92 Å². The molecule has 2 rings (SSSR count). The second kappa shape index (κ2) is 5.99. The number of methoxy groups -OCH3 is 1. The lowest BCUT2D eigenvalue weighted by molar-refractivity contribution is 0.101. The molecule has 0 aliphatic heterocycles. The Kier molecular flexibility index (Phi) is 4.34. The van der Waals surface area contributed by atoms with Gasteiger partial charge in [0.05, 0.1) is 7.11 Å². The Morgan fingerprint density at radius 1 is 1.11 bits per heavy atom. The largest absolute Gasteiger partial charge is 0.496 e. The third-order valence-electron chi connectivity index (χ3n) is 2.93. The van der Waals surface area contributed by atoms with Crippen LogP contribution < -0.4 is 15.3 Å². The van der Waals surface area contributed by atoms with E-state index >= 15 is 0 Å². The van der Waals surface area contributed by atoms with E-state index in [1.54, 1.807) is 14.0 Å². The smallest absolute Gasteiger partial charge is 0.160 e. The number of hydrogen-bond acceptors (Lipinski definition) is 2. The molecule has 2 aromatic carbocycles. The topological polar surface area (TPSA) is 26.3 Å². The van der Waals surface area contributed by atoms with Gasteiger partial charge in [-0.2, -0.15) is 0 Å². The van der Waals surface area contributed by atoms with Gasteiger partial charge >= 0.3 is 0 Å².